The van der Waals surface area contributed by atoms with E-state index in [1.54, 1.807) is 4.52 Å². The number of amides is 1. The fraction of sp³-hybridized carbons (Fsp3) is 0.412. The summed E-state index contributed by atoms with van der Waals surface area (Å²) in [5.74, 6) is 1.36. The Labute approximate surface area is 160 Å². The van der Waals surface area contributed by atoms with Crippen LogP contribution in [0.4, 0.5) is 5.69 Å². The number of carbonyl (C=O) groups is 1. The van der Waals surface area contributed by atoms with Crippen LogP contribution in [0.2, 0.25) is 0 Å². The summed E-state index contributed by atoms with van der Waals surface area (Å²) in [6.45, 7) is 8.17. The number of anilines is 1. The third kappa shape index (κ3) is 3.89. The van der Waals surface area contributed by atoms with Crippen molar-refractivity contribution in [1.82, 2.24) is 19.8 Å². The number of para-hydroxylation sites is 1. The zero-order valence-electron chi connectivity index (χ0n) is 15.3. The van der Waals surface area contributed by atoms with Crippen molar-refractivity contribution in [3.05, 3.63) is 35.2 Å². The molecule has 1 atom stereocenters. The number of benzene rings is 1. The molecule has 0 aliphatic rings. The number of carbonyl (C=O) groups excluding carboxylic acids is 1. The van der Waals surface area contributed by atoms with E-state index < -0.39 is 0 Å². The minimum absolute atomic E-state index is 0.0253. The van der Waals surface area contributed by atoms with Gasteiger partial charge in [-0.1, -0.05) is 55.1 Å². The fourth-order valence-corrected chi connectivity index (χ4v) is 4.20. The fourth-order valence-electron chi connectivity index (χ4n) is 2.52. The van der Waals surface area contributed by atoms with Gasteiger partial charge in [0.2, 0.25) is 16.7 Å². The van der Waals surface area contributed by atoms with Crippen LogP contribution in [0.15, 0.2) is 22.5 Å². The molecule has 7 nitrogen and oxygen atoms in total. The van der Waals surface area contributed by atoms with Gasteiger partial charge in [-0.15, -0.1) is 15.3 Å². The van der Waals surface area contributed by atoms with Gasteiger partial charge >= 0.3 is 0 Å². The zero-order valence-corrected chi connectivity index (χ0v) is 16.9. The van der Waals surface area contributed by atoms with Crippen molar-refractivity contribution in [3.63, 3.8) is 0 Å². The predicted molar refractivity (Wildman–Crippen MR) is 104 cm³/mol. The van der Waals surface area contributed by atoms with Crippen LogP contribution < -0.4 is 11.1 Å². The third-order valence-corrected chi connectivity index (χ3v) is 6.24. The molecule has 0 aliphatic heterocycles. The highest BCUT2D eigenvalue weighted by Crippen LogP contribution is 2.27. The number of quaternary nitrogens is 1. The summed E-state index contributed by atoms with van der Waals surface area (Å²) in [6.07, 6.45) is 0. The molecule has 1 aromatic carbocycles. The highest BCUT2D eigenvalue weighted by Gasteiger charge is 2.23. The molecule has 2 aromatic heterocycles. The SMILES string of the molecule is Cc1cccc(C)c1NC(=O)CSc1nn2c([C@@H]([NH3+])C(C)C)nnc2s1. The molecule has 0 saturated carbocycles. The summed E-state index contributed by atoms with van der Waals surface area (Å²) in [5, 5.41) is 15.9. The molecule has 0 saturated heterocycles. The van der Waals surface area contributed by atoms with E-state index in [-0.39, 0.29) is 11.9 Å². The minimum Gasteiger partial charge on any atom is -0.348 e. The molecule has 26 heavy (non-hydrogen) atoms. The van der Waals surface area contributed by atoms with Gasteiger partial charge in [-0.3, -0.25) is 4.79 Å². The summed E-state index contributed by atoms with van der Waals surface area (Å²) in [6, 6.07) is 5.99. The van der Waals surface area contributed by atoms with Crippen molar-refractivity contribution in [3.8, 4) is 0 Å². The molecule has 1 amide bonds. The Morgan fingerprint density at radius 3 is 2.65 bits per heavy atom. The van der Waals surface area contributed by atoms with E-state index in [0.717, 1.165) is 31.9 Å². The van der Waals surface area contributed by atoms with Crippen molar-refractivity contribution in [2.75, 3.05) is 11.1 Å². The number of thioether (sulfide) groups is 1. The Bertz CT molecular complexity index is 912. The Balaban J connectivity index is 1.67. The van der Waals surface area contributed by atoms with Gasteiger partial charge in [0.25, 0.3) is 0 Å². The number of hydrogen-bond donors (Lipinski definition) is 2. The zero-order chi connectivity index (χ0) is 18.8. The molecule has 2 heterocycles. The molecule has 138 valence electrons. The number of hydrogen-bond acceptors (Lipinski definition) is 6. The molecule has 0 aliphatic carbocycles. The lowest BCUT2D eigenvalue weighted by atomic mass is 10.1. The van der Waals surface area contributed by atoms with E-state index in [4.69, 9.17) is 0 Å². The number of fused-ring (bicyclic) bond motifs is 1. The van der Waals surface area contributed by atoms with E-state index in [1.807, 2.05) is 32.0 Å². The van der Waals surface area contributed by atoms with Gasteiger partial charge in [0.15, 0.2) is 4.34 Å². The molecule has 0 spiro atoms. The van der Waals surface area contributed by atoms with E-state index >= 15 is 0 Å². The first-order valence-electron chi connectivity index (χ1n) is 8.41. The van der Waals surface area contributed by atoms with E-state index in [2.05, 4.69) is 40.2 Å². The van der Waals surface area contributed by atoms with Crippen molar-refractivity contribution in [2.45, 2.75) is 38.1 Å². The molecule has 3 aromatic rings. The maximum Gasteiger partial charge on any atom is 0.235 e. The summed E-state index contributed by atoms with van der Waals surface area (Å²) in [4.78, 5) is 13.0. The lowest BCUT2D eigenvalue weighted by Crippen LogP contribution is -2.56. The lowest BCUT2D eigenvalue weighted by Gasteiger charge is -2.10. The number of nitrogens with one attached hydrogen (secondary N) is 1. The van der Waals surface area contributed by atoms with Crippen LogP contribution >= 0.6 is 23.1 Å². The van der Waals surface area contributed by atoms with Gasteiger partial charge in [-0.25, -0.2) is 0 Å². The average Bonchev–Trinajstić information content (AvgIpc) is 3.15. The molecule has 0 bridgehead atoms. The maximum absolute atomic E-state index is 12.3. The van der Waals surface area contributed by atoms with Crippen LogP contribution in [0.1, 0.15) is 36.8 Å². The molecule has 4 N–H and O–H groups in total. The summed E-state index contributed by atoms with van der Waals surface area (Å²) in [7, 11) is 0. The molecule has 9 heteroatoms. The molecule has 3 rings (SSSR count). The first kappa shape index (κ1) is 18.8. The van der Waals surface area contributed by atoms with E-state index in [1.165, 1.54) is 23.1 Å². The number of nitrogens with zero attached hydrogens (tertiary/aromatic N) is 4. The molecule has 0 fully saturated rings. The Morgan fingerprint density at radius 1 is 1.31 bits per heavy atom. The number of rotatable bonds is 6. The second-order valence-electron chi connectivity index (χ2n) is 6.57. The van der Waals surface area contributed by atoms with Gasteiger partial charge in [0, 0.05) is 11.6 Å². The predicted octanol–water partition coefficient (Wildman–Crippen LogP) is 2.47. The second kappa shape index (κ2) is 7.73. The van der Waals surface area contributed by atoms with E-state index in [9.17, 15) is 4.79 Å². The first-order valence-corrected chi connectivity index (χ1v) is 10.2. The van der Waals surface area contributed by atoms with Crippen LogP contribution in [0.3, 0.4) is 0 Å². The minimum atomic E-state index is -0.0456. The van der Waals surface area contributed by atoms with Gasteiger partial charge < -0.3 is 11.1 Å². The summed E-state index contributed by atoms with van der Waals surface area (Å²) < 4.78 is 2.54. The van der Waals surface area contributed by atoms with Crippen molar-refractivity contribution in [2.24, 2.45) is 5.92 Å². The normalized spacial score (nSPS) is 12.7. The number of aromatic nitrogens is 4. The van der Waals surface area contributed by atoms with Crippen LogP contribution in [0, 0.1) is 19.8 Å². The molecule has 0 radical (unpaired) electrons. The smallest absolute Gasteiger partial charge is 0.235 e. The van der Waals surface area contributed by atoms with Crippen LogP contribution in [-0.4, -0.2) is 31.5 Å². The van der Waals surface area contributed by atoms with Gasteiger partial charge in [0.1, 0.15) is 6.04 Å². The molecular formula is C17H23N6OS2+. The van der Waals surface area contributed by atoms with Gasteiger partial charge in [0.05, 0.1) is 5.75 Å². The summed E-state index contributed by atoms with van der Waals surface area (Å²) >= 11 is 2.84. The Morgan fingerprint density at radius 2 is 2.00 bits per heavy atom. The molecule has 0 unspecified atom stereocenters. The third-order valence-electron chi connectivity index (χ3n) is 4.21. The topological polar surface area (TPSA) is 99.8 Å². The van der Waals surface area contributed by atoms with Gasteiger partial charge in [-0.05, 0) is 25.0 Å². The van der Waals surface area contributed by atoms with Crippen molar-refractivity contribution >= 4 is 39.7 Å². The van der Waals surface area contributed by atoms with Crippen LogP contribution in [0.25, 0.3) is 4.96 Å². The van der Waals surface area contributed by atoms with E-state index in [0.29, 0.717) is 11.7 Å². The summed E-state index contributed by atoms with van der Waals surface area (Å²) in [5.41, 5.74) is 7.15. The lowest BCUT2D eigenvalue weighted by molar-refractivity contribution is -0.440. The van der Waals surface area contributed by atoms with Gasteiger partial charge in [-0.2, -0.15) is 4.52 Å². The average molecular weight is 392 g/mol. The highest BCUT2D eigenvalue weighted by atomic mass is 32.2. The number of aryl methyl sites for hydroxylation is 2. The van der Waals surface area contributed by atoms with Crippen molar-refractivity contribution in [1.29, 1.82) is 0 Å². The largest absolute Gasteiger partial charge is 0.348 e. The monoisotopic (exact) mass is 391 g/mol. The quantitative estimate of drug-likeness (QED) is 0.629. The Kier molecular flexibility index (Phi) is 5.59. The Hall–Kier alpha value is -1.97. The van der Waals surface area contributed by atoms with Crippen LogP contribution in [-0.2, 0) is 4.79 Å². The van der Waals surface area contributed by atoms with Crippen molar-refractivity contribution < 1.29 is 10.5 Å². The highest BCUT2D eigenvalue weighted by molar-refractivity contribution is 8.01. The second-order valence-corrected chi connectivity index (χ2v) is 8.75. The standard InChI is InChI=1S/C17H22N6OS2/c1-9(2)13(18)15-20-21-16-23(15)22-17(26-16)25-8-12(24)19-14-10(3)6-5-7-11(14)4/h5-7,9,13H,8,18H2,1-4H3,(H,19,24)/p+1/t13-/m0/s1. The molecular weight excluding hydrogens is 368 g/mol. The first-order chi connectivity index (χ1) is 12.4. The van der Waals surface area contributed by atoms with Crippen LogP contribution in [0.5, 0.6) is 0 Å². The maximum atomic E-state index is 12.3.